The van der Waals surface area contributed by atoms with Crippen molar-refractivity contribution < 1.29 is 0 Å². The Morgan fingerprint density at radius 3 is 2.55 bits per heavy atom. The minimum Gasteiger partial charge on any atom is -0.308 e. The van der Waals surface area contributed by atoms with E-state index < -0.39 is 0 Å². The van der Waals surface area contributed by atoms with Gasteiger partial charge in [-0.05, 0) is 22.0 Å². The fourth-order valence-electron chi connectivity index (χ4n) is 1.82. The molecule has 6 heteroatoms. The molecule has 3 rings (SSSR count). The summed E-state index contributed by atoms with van der Waals surface area (Å²) < 4.78 is 1.02. The molecule has 2 heterocycles. The van der Waals surface area contributed by atoms with E-state index in [0.29, 0.717) is 11.6 Å². The van der Waals surface area contributed by atoms with Crippen LogP contribution < -0.4 is 11.3 Å². The molecule has 0 atom stereocenters. The van der Waals surface area contributed by atoms with E-state index in [9.17, 15) is 0 Å². The van der Waals surface area contributed by atoms with Gasteiger partial charge in [-0.15, -0.1) is 11.3 Å². The first-order chi connectivity index (χ1) is 9.76. The maximum Gasteiger partial charge on any atom is 0.172 e. The Balaban J connectivity index is 2.12. The van der Waals surface area contributed by atoms with E-state index in [2.05, 4.69) is 31.3 Å². The molecular formula is C14H11BrN4S. The van der Waals surface area contributed by atoms with Crippen LogP contribution in [-0.4, -0.2) is 9.97 Å². The lowest BCUT2D eigenvalue weighted by Gasteiger charge is -2.06. The van der Waals surface area contributed by atoms with Crippen molar-refractivity contribution in [1.29, 1.82) is 0 Å². The molecule has 2 aromatic heterocycles. The highest BCUT2D eigenvalue weighted by atomic mass is 79.9. The fourth-order valence-corrected chi connectivity index (χ4v) is 3.18. The number of nitrogen functional groups attached to an aromatic ring is 1. The summed E-state index contributed by atoms with van der Waals surface area (Å²) >= 11 is 5.03. The van der Waals surface area contributed by atoms with Crippen LogP contribution >= 0.6 is 27.3 Å². The number of hydrogen-bond donors (Lipinski definition) is 2. The molecule has 0 bridgehead atoms. The molecule has 0 radical (unpaired) electrons. The number of nitrogens with zero attached hydrogens (tertiary/aromatic N) is 2. The van der Waals surface area contributed by atoms with Gasteiger partial charge < -0.3 is 5.43 Å². The molecule has 0 saturated carbocycles. The van der Waals surface area contributed by atoms with E-state index in [4.69, 9.17) is 5.84 Å². The number of nitrogens with one attached hydrogen (secondary N) is 1. The molecule has 0 saturated heterocycles. The number of anilines is 1. The number of nitrogens with two attached hydrogens (primary N) is 1. The standard InChI is InChI=1S/C14H11BrN4S/c15-10-6-12(20-8-10)14-17-11(7-13(18-14)19-16)9-4-2-1-3-5-9/h1-8H,16H2,(H,17,18,19). The predicted octanol–water partition coefficient (Wildman–Crippen LogP) is 3.92. The summed E-state index contributed by atoms with van der Waals surface area (Å²) in [6.07, 6.45) is 0. The number of aromatic nitrogens is 2. The maximum atomic E-state index is 5.50. The van der Waals surface area contributed by atoms with Crippen molar-refractivity contribution >= 4 is 33.1 Å². The van der Waals surface area contributed by atoms with Gasteiger partial charge >= 0.3 is 0 Å². The van der Waals surface area contributed by atoms with E-state index in [1.807, 2.05) is 47.8 Å². The van der Waals surface area contributed by atoms with Crippen LogP contribution in [0.5, 0.6) is 0 Å². The number of rotatable bonds is 3. The van der Waals surface area contributed by atoms with E-state index >= 15 is 0 Å². The largest absolute Gasteiger partial charge is 0.308 e. The van der Waals surface area contributed by atoms with Gasteiger partial charge in [0.25, 0.3) is 0 Å². The second kappa shape index (κ2) is 5.70. The quantitative estimate of drug-likeness (QED) is 0.557. The van der Waals surface area contributed by atoms with Gasteiger partial charge in [-0.3, -0.25) is 0 Å². The molecule has 0 aliphatic carbocycles. The van der Waals surface area contributed by atoms with Gasteiger partial charge in [0, 0.05) is 21.5 Å². The van der Waals surface area contributed by atoms with E-state index in [-0.39, 0.29) is 0 Å². The summed E-state index contributed by atoms with van der Waals surface area (Å²) in [6, 6.07) is 13.8. The molecule has 0 amide bonds. The zero-order valence-corrected chi connectivity index (χ0v) is 12.8. The van der Waals surface area contributed by atoms with Crippen LogP contribution in [0.1, 0.15) is 0 Å². The molecule has 0 fully saturated rings. The third-order valence-corrected chi connectivity index (χ3v) is 4.42. The van der Waals surface area contributed by atoms with Crippen molar-refractivity contribution in [2.45, 2.75) is 0 Å². The first kappa shape index (κ1) is 13.2. The van der Waals surface area contributed by atoms with Crippen LogP contribution in [0.3, 0.4) is 0 Å². The van der Waals surface area contributed by atoms with Crippen molar-refractivity contribution in [3.63, 3.8) is 0 Å². The number of hydrogen-bond acceptors (Lipinski definition) is 5. The average molecular weight is 347 g/mol. The normalized spacial score (nSPS) is 10.5. The Bertz CT molecular complexity index is 727. The molecule has 3 N–H and O–H groups in total. The topological polar surface area (TPSA) is 63.8 Å². The van der Waals surface area contributed by atoms with E-state index in [0.717, 1.165) is 20.6 Å². The van der Waals surface area contributed by atoms with Crippen LogP contribution in [0.2, 0.25) is 0 Å². The Morgan fingerprint density at radius 2 is 1.90 bits per heavy atom. The molecule has 100 valence electrons. The van der Waals surface area contributed by atoms with Crippen molar-refractivity contribution in [3.8, 4) is 22.0 Å². The zero-order chi connectivity index (χ0) is 13.9. The maximum absolute atomic E-state index is 5.50. The van der Waals surface area contributed by atoms with Crippen LogP contribution in [0.15, 0.2) is 52.3 Å². The van der Waals surface area contributed by atoms with Crippen LogP contribution in [-0.2, 0) is 0 Å². The van der Waals surface area contributed by atoms with E-state index in [1.165, 1.54) is 0 Å². The predicted molar refractivity (Wildman–Crippen MR) is 86.3 cm³/mol. The van der Waals surface area contributed by atoms with Crippen LogP contribution in [0, 0.1) is 0 Å². The fraction of sp³-hybridized carbons (Fsp3) is 0. The van der Waals surface area contributed by atoms with Gasteiger partial charge in [0.15, 0.2) is 5.82 Å². The number of halogens is 1. The Morgan fingerprint density at radius 1 is 1.10 bits per heavy atom. The molecule has 1 aromatic carbocycles. The summed E-state index contributed by atoms with van der Waals surface area (Å²) in [4.78, 5) is 10.0. The minimum atomic E-state index is 0.596. The summed E-state index contributed by atoms with van der Waals surface area (Å²) in [7, 11) is 0. The summed E-state index contributed by atoms with van der Waals surface area (Å²) in [5.74, 6) is 6.76. The number of benzene rings is 1. The highest BCUT2D eigenvalue weighted by Crippen LogP contribution is 2.30. The average Bonchev–Trinajstić information content (AvgIpc) is 2.94. The van der Waals surface area contributed by atoms with Crippen molar-refractivity contribution in [2.24, 2.45) is 5.84 Å². The first-order valence-electron chi connectivity index (χ1n) is 5.92. The SMILES string of the molecule is NNc1cc(-c2ccccc2)nc(-c2cc(Br)cs2)n1. The minimum absolute atomic E-state index is 0.596. The summed E-state index contributed by atoms with van der Waals surface area (Å²) in [6.45, 7) is 0. The lowest BCUT2D eigenvalue weighted by Crippen LogP contribution is -2.09. The Kier molecular flexibility index (Phi) is 3.77. The molecule has 0 aliphatic rings. The second-order valence-corrected chi connectivity index (χ2v) is 5.93. The molecule has 20 heavy (non-hydrogen) atoms. The van der Waals surface area contributed by atoms with Crippen molar-refractivity contribution in [2.75, 3.05) is 5.43 Å². The highest BCUT2D eigenvalue weighted by molar-refractivity contribution is 9.10. The van der Waals surface area contributed by atoms with Gasteiger partial charge in [0.05, 0.1) is 10.6 Å². The van der Waals surface area contributed by atoms with E-state index in [1.54, 1.807) is 11.3 Å². The second-order valence-electron chi connectivity index (χ2n) is 4.10. The summed E-state index contributed by atoms with van der Waals surface area (Å²) in [5, 5.41) is 2.00. The molecule has 0 unspecified atom stereocenters. The van der Waals surface area contributed by atoms with Crippen LogP contribution in [0.25, 0.3) is 22.0 Å². The van der Waals surface area contributed by atoms with Gasteiger partial charge in [-0.1, -0.05) is 30.3 Å². The smallest absolute Gasteiger partial charge is 0.172 e. The third-order valence-electron chi connectivity index (χ3n) is 2.73. The lowest BCUT2D eigenvalue weighted by molar-refractivity contribution is 1.16. The monoisotopic (exact) mass is 346 g/mol. The van der Waals surface area contributed by atoms with Gasteiger partial charge in [-0.2, -0.15) is 0 Å². The summed E-state index contributed by atoms with van der Waals surface area (Å²) in [5.41, 5.74) is 4.47. The van der Waals surface area contributed by atoms with Gasteiger partial charge in [0.2, 0.25) is 0 Å². The first-order valence-corrected chi connectivity index (χ1v) is 7.59. The Hall–Kier alpha value is -1.76. The highest BCUT2D eigenvalue weighted by Gasteiger charge is 2.09. The Labute approximate surface area is 128 Å². The molecule has 0 spiro atoms. The molecule has 3 aromatic rings. The van der Waals surface area contributed by atoms with Gasteiger partial charge in [-0.25, -0.2) is 15.8 Å². The molecular weight excluding hydrogens is 336 g/mol. The molecule has 4 nitrogen and oxygen atoms in total. The number of hydrazine groups is 1. The van der Waals surface area contributed by atoms with Crippen molar-refractivity contribution in [1.82, 2.24) is 9.97 Å². The van der Waals surface area contributed by atoms with Gasteiger partial charge in [0.1, 0.15) is 5.82 Å². The molecule has 0 aliphatic heterocycles. The number of thiophene rings is 1. The van der Waals surface area contributed by atoms with Crippen molar-refractivity contribution in [3.05, 3.63) is 52.3 Å². The zero-order valence-electron chi connectivity index (χ0n) is 10.4. The lowest BCUT2D eigenvalue weighted by atomic mass is 10.1. The third kappa shape index (κ3) is 2.72. The van der Waals surface area contributed by atoms with Crippen LogP contribution in [0.4, 0.5) is 5.82 Å².